The molecule has 2 N–H and O–H groups in total. The molecule has 0 aromatic heterocycles. The molecule has 2 aliphatic carbocycles. The zero-order valence-corrected chi connectivity index (χ0v) is 16.2. The minimum Gasteiger partial charge on any atom is -0.353 e. The topological polar surface area (TPSA) is 78.5 Å². The van der Waals surface area contributed by atoms with Gasteiger partial charge < -0.3 is 15.5 Å². The highest BCUT2D eigenvalue weighted by molar-refractivity contribution is 5.96. The minimum atomic E-state index is -0.134. The lowest BCUT2D eigenvalue weighted by molar-refractivity contribution is -0.126. The highest BCUT2D eigenvalue weighted by Gasteiger charge is 2.42. The summed E-state index contributed by atoms with van der Waals surface area (Å²) in [7, 11) is 0. The Hall–Kier alpha value is -2.37. The van der Waals surface area contributed by atoms with Crippen LogP contribution in [0.1, 0.15) is 55.3 Å². The maximum Gasteiger partial charge on any atom is 0.254 e. The first-order valence-electron chi connectivity index (χ1n) is 10.5. The van der Waals surface area contributed by atoms with Gasteiger partial charge in [0, 0.05) is 30.1 Å². The number of nitrogens with zero attached hydrogens (tertiary/aromatic N) is 1. The number of fused-ring (bicyclic) bond motifs is 1. The van der Waals surface area contributed by atoms with Crippen molar-refractivity contribution in [3.63, 3.8) is 0 Å². The van der Waals surface area contributed by atoms with Crippen LogP contribution in [0.3, 0.4) is 0 Å². The minimum absolute atomic E-state index is 0.0248. The monoisotopic (exact) mass is 383 g/mol. The summed E-state index contributed by atoms with van der Waals surface area (Å²) in [6, 6.07) is 9.36. The standard InChI is InChI=1S/C22H29N3O3/c26-20-14-25(22(28)15-7-3-1-4-8-15)13-17-11-16(12-19(17)24-20)21(27)23-18-9-5-2-6-10-18/h1,3-4,7-8,16-19H,2,5-6,9-14H2,(H,23,27)(H,24,26)/t16-,17+,19+/m0/s1. The lowest BCUT2D eigenvalue weighted by Gasteiger charge is -2.25. The molecule has 0 bridgehead atoms. The zero-order valence-electron chi connectivity index (χ0n) is 16.2. The second-order valence-electron chi connectivity index (χ2n) is 8.50. The third kappa shape index (κ3) is 4.21. The Morgan fingerprint density at radius 1 is 1.04 bits per heavy atom. The average molecular weight is 383 g/mol. The van der Waals surface area contributed by atoms with Gasteiger partial charge in [0.05, 0.1) is 6.54 Å². The van der Waals surface area contributed by atoms with Crippen molar-refractivity contribution in [1.29, 1.82) is 0 Å². The van der Waals surface area contributed by atoms with Gasteiger partial charge in [0.25, 0.3) is 5.91 Å². The van der Waals surface area contributed by atoms with Crippen LogP contribution in [0.4, 0.5) is 0 Å². The van der Waals surface area contributed by atoms with Gasteiger partial charge >= 0.3 is 0 Å². The molecule has 1 aromatic rings. The largest absolute Gasteiger partial charge is 0.353 e. The van der Waals surface area contributed by atoms with Crippen molar-refractivity contribution in [3.05, 3.63) is 35.9 Å². The maximum atomic E-state index is 12.8. The van der Waals surface area contributed by atoms with Gasteiger partial charge in [0.2, 0.25) is 11.8 Å². The summed E-state index contributed by atoms with van der Waals surface area (Å²) in [5.41, 5.74) is 0.596. The summed E-state index contributed by atoms with van der Waals surface area (Å²) < 4.78 is 0. The molecule has 3 atom stereocenters. The average Bonchev–Trinajstić information content (AvgIpc) is 3.03. The molecule has 1 heterocycles. The first-order chi connectivity index (χ1) is 13.6. The van der Waals surface area contributed by atoms with Crippen LogP contribution in [0.15, 0.2) is 30.3 Å². The van der Waals surface area contributed by atoms with E-state index in [9.17, 15) is 14.4 Å². The van der Waals surface area contributed by atoms with E-state index in [-0.39, 0.29) is 42.1 Å². The summed E-state index contributed by atoms with van der Waals surface area (Å²) in [5.74, 6) is -0.0861. The second-order valence-corrected chi connectivity index (χ2v) is 8.50. The molecule has 4 rings (SSSR count). The molecule has 28 heavy (non-hydrogen) atoms. The molecule has 3 aliphatic rings. The Bertz CT molecular complexity index is 730. The molecule has 0 radical (unpaired) electrons. The first-order valence-corrected chi connectivity index (χ1v) is 10.5. The SMILES string of the molecule is O=C1CN(C(=O)c2ccccc2)C[C@H]2C[C@H](C(=O)NC3CCCCC3)C[C@H]2N1. The van der Waals surface area contributed by atoms with Crippen LogP contribution in [0.2, 0.25) is 0 Å². The fourth-order valence-corrected chi connectivity index (χ4v) is 4.97. The number of amides is 3. The van der Waals surface area contributed by atoms with Gasteiger partial charge in [-0.15, -0.1) is 0 Å². The van der Waals surface area contributed by atoms with Crippen LogP contribution >= 0.6 is 0 Å². The first kappa shape index (κ1) is 19.0. The van der Waals surface area contributed by atoms with Gasteiger partial charge in [0.15, 0.2) is 0 Å². The van der Waals surface area contributed by atoms with E-state index in [1.807, 2.05) is 18.2 Å². The smallest absolute Gasteiger partial charge is 0.254 e. The van der Waals surface area contributed by atoms with E-state index in [1.165, 1.54) is 19.3 Å². The molecule has 150 valence electrons. The van der Waals surface area contributed by atoms with Crippen molar-refractivity contribution in [3.8, 4) is 0 Å². The van der Waals surface area contributed by atoms with Crippen molar-refractivity contribution in [2.75, 3.05) is 13.1 Å². The Kier molecular flexibility index (Phi) is 5.64. The number of hydrogen-bond donors (Lipinski definition) is 2. The van der Waals surface area contributed by atoms with Gasteiger partial charge in [-0.2, -0.15) is 0 Å². The summed E-state index contributed by atoms with van der Waals surface area (Å²) in [6.07, 6.45) is 7.17. The van der Waals surface area contributed by atoms with Crippen molar-refractivity contribution in [1.82, 2.24) is 15.5 Å². The van der Waals surface area contributed by atoms with Crippen molar-refractivity contribution in [2.45, 2.75) is 57.0 Å². The second kappa shape index (κ2) is 8.33. The van der Waals surface area contributed by atoms with Crippen LogP contribution in [-0.4, -0.2) is 47.8 Å². The number of carbonyl (C=O) groups excluding carboxylic acids is 3. The van der Waals surface area contributed by atoms with Gasteiger partial charge in [-0.05, 0) is 43.7 Å². The summed E-state index contributed by atoms with van der Waals surface area (Å²) in [4.78, 5) is 39.6. The highest BCUT2D eigenvalue weighted by atomic mass is 16.2. The Morgan fingerprint density at radius 3 is 2.54 bits per heavy atom. The molecule has 1 aliphatic heterocycles. The molecule has 0 unspecified atom stereocenters. The van der Waals surface area contributed by atoms with Gasteiger partial charge in [-0.25, -0.2) is 0 Å². The van der Waals surface area contributed by atoms with Crippen molar-refractivity contribution >= 4 is 17.7 Å². The number of carbonyl (C=O) groups is 3. The van der Waals surface area contributed by atoms with E-state index < -0.39 is 0 Å². The molecule has 0 spiro atoms. The Morgan fingerprint density at radius 2 is 1.79 bits per heavy atom. The molecule has 1 saturated heterocycles. The van der Waals surface area contributed by atoms with Gasteiger partial charge in [0.1, 0.15) is 0 Å². The van der Waals surface area contributed by atoms with Gasteiger partial charge in [-0.3, -0.25) is 14.4 Å². The van der Waals surface area contributed by atoms with Crippen molar-refractivity contribution in [2.24, 2.45) is 11.8 Å². The van der Waals surface area contributed by atoms with E-state index in [0.717, 1.165) is 19.3 Å². The zero-order chi connectivity index (χ0) is 19.5. The molecular formula is C22H29N3O3. The normalized spacial score (nSPS) is 28.2. The molecule has 3 fully saturated rings. The molecule has 2 saturated carbocycles. The molecular weight excluding hydrogens is 354 g/mol. The fourth-order valence-electron chi connectivity index (χ4n) is 4.97. The summed E-state index contributed by atoms with van der Waals surface area (Å²) >= 11 is 0. The molecule has 1 aromatic carbocycles. The molecule has 3 amide bonds. The van der Waals surface area contributed by atoms with E-state index in [4.69, 9.17) is 0 Å². The number of hydrogen-bond acceptors (Lipinski definition) is 3. The predicted octanol–water partition coefficient (Wildman–Crippen LogP) is 2.10. The number of rotatable bonds is 3. The lowest BCUT2D eigenvalue weighted by Crippen LogP contribution is -2.41. The van der Waals surface area contributed by atoms with E-state index in [2.05, 4.69) is 10.6 Å². The van der Waals surface area contributed by atoms with E-state index >= 15 is 0 Å². The van der Waals surface area contributed by atoms with Crippen LogP contribution in [0, 0.1) is 11.8 Å². The third-order valence-corrected chi connectivity index (χ3v) is 6.46. The van der Waals surface area contributed by atoms with E-state index in [0.29, 0.717) is 24.6 Å². The van der Waals surface area contributed by atoms with Crippen LogP contribution in [-0.2, 0) is 9.59 Å². The predicted molar refractivity (Wildman–Crippen MR) is 106 cm³/mol. The van der Waals surface area contributed by atoms with Crippen molar-refractivity contribution < 1.29 is 14.4 Å². The summed E-state index contributed by atoms with van der Waals surface area (Å²) in [5, 5.41) is 6.28. The Balaban J connectivity index is 1.40. The van der Waals surface area contributed by atoms with E-state index in [1.54, 1.807) is 17.0 Å². The molecule has 6 nitrogen and oxygen atoms in total. The fraction of sp³-hybridized carbons (Fsp3) is 0.591. The van der Waals surface area contributed by atoms with Crippen LogP contribution in [0.25, 0.3) is 0 Å². The Labute approximate surface area is 166 Å². The van der Waals surface area contributed by atoms with Crippen LogP contribution < -0.4 is 10.6 Å². The van der Waals surface area contributed by atoms with Crippen LogP contribution in [0.5, 0.6) is 0 Å². The number of nitrogens with one attached hydrogen (secondary N) is 2. The lowest BCUT2D eigenvalue weighted by atomic mass is 9.94. The summed E-state index contributed by atoms with van der Waals surface area (Å²) in [6.45, 7) is 0.601. The number of benzene rings is 1. The van der Waals surface area contributed by atoms with Gasteiger partial charge in [-0.1, -0.05) is 37.5 Å². The molecule has 6 heteroatoms. The highest BCUT2D eigenvalue weighted by Crippen LogP contribution is 2.34. The third-order valence-electron chi connectivity index (χ3n) is 6.46. The maximum absolute atomic E-state index is 12.8. The quantitative estimate of drug-likeness (QED) is 0.839.